The lowest BCUT2D eigenvalue weighted by molar-refractivity contribution is -0.117. The molecule has 0 atom stereocenters. The molecule has 29 heavy (non-hydrogen) atoms. The van der Waals surface area contributed by atoms with E-state index < -0.39 is 0 Å². The summed E-state index contributed by atoms with van der Waals surface area (Å²) >= 11 is 0. The van der Waals surface area contributed by atoms with E-state index >= 15 is 0 Å². The van der Waals surface area contributed by atoms with E-state index in [9.17, 15) is 9.90 Å². The molecule has 148 valence electrons. The van der Waals surface area contributed by atoms with Crippen LogP contribution in [-0.2, 0) is 4.79 Å². The predicted octanol–water partition coefficient (Wildman–Crippen LogP) is 3.97. The highest BCUT2D eigenvalue weighted by atomic mass is 16.3. The Bertz CT molecular complexity index is 972. The summed E-state index contributed by atoms with van der Waals surface area (Å²) in [5.74, 6) is -0.113. The first-order valence-corrected chi connectivity index (χ1v) is 10.1. The lowest BCUT2D eigenvalue weighted by atomic mass is 9.93. The zero-order chi connectivity index (χ0) is 20.1. The number of aliphatic hydroxyl groups is 1. The molecule has 0 radical (unpaired) electrons. The Morgan fingerprint density at radius 3 is 2.34 bits per heavy atom. The van der Waals surface area contributed by atoms with E-state index in [1.165, 1.54) is 0 Å². The van der Waals surface area contributed by atoms with Crippen LogP contribution in [0.1, 0.15) is 31.2 Å². The Balaban J connectivity index is 1.56. The van der Waals surface area contributed by atoms with Crippen LogP contribution in [0, 0.1) is 0 Å². The van der Waals surface area contributed by atoms with Crippen molar-refractivity contribution in [2.24, 2.45) is 0 Å². The minimum Gasteiger partial charge on any atom is -0.393 e. The normalized spacial score (nSPS) is 19.3. The zero-order valence-corrected chi connectivity index (χ0v) is 16.2. The molecule has 0 aliphatic heterocycles. The molecule has 5 heteroatoms. The maximum Gasteiger partial charge on any atom is 0.244 e. The van der Waals surface area contributed by atoms with Crippen LogP contribution in [-0.4, -0.2) is 32.9 Å². The average Bonchev–Trinajstić information content (AvgIpc) is 3.20. The number of aliphatic hydroxyl groups excluding tert-OH is 1. The monoisotopic (exact) mass is 387 g/mol. The zero-order valence-electron chi connectivity index (χ0n) is 16.2. The van der Waals surface area contributed by atoms with Crippen LogP contribution in [0.25, 0.3) is 23.0 Å². The third-order valence-corrected chi connectivity index (χ3v) is 5.27. The molecule has 4 rings (SSSR count). The van der Waals surface area contributed by atoms with Gasteiger partial charge in [-0.1, -0.05) is 48.5 Å². The third kappa shape index (κ3) is 4.81. The van der Waals surface area contributed by atoms with Gasteiger partial charge in [-0.15, -0.1) is 0 Å². The van der Waals surface area contributed by atoms with Crippen molar-refractivity contribution in [1.82, 2.24) is 15.1 Å². The van der Waals surface area contributed by atoms with E-state index in [1.807, 2.05) is 77.6 Å². The summed E-state index contributed by atoms with van der Waals surface area (Å²) in [6, 6.07) is 20.0. The van der Waals surface area contributed by atoms with Crippen molar-refractivity contribution in [3.8, 4) is 16.9 Å². The molecular formula is C24H25N3O2. The highest BCUT2D eigenvalue weighted by molar-refractivity contribution is 5.93. The second-order valence-electron chi connectivity index (χ2n) is 7.43. The second-order valence-corrected chi connectivity index (χ2v) is 7.43. The molecule has 1 amide bonds. The number of hydrogen-bond donors (Lipinski definition) is 2. The number of nitrogens with one attached hydrogen (secondary N) is 1. The number of carbonyl (C=O) groups is 1. The molecule has 2 N–H and O–H groups in total. The maximum atomic E-state index is 12.4. The third-order valence-electron chi connectivity index (χ3n) is 5.27. The van der Waals surface area contributed by atoms with Gasteiger partial charge < -0.3 is 10.4 Å². The van der Waals surface area contributed by atoms with Crippen molar-refractivity contribution in [3.05, 3.63) is 78.5 Å². The Morgan fingerprint density at radius 1 is 1.00 bits per heavy atom. The van der Waals surface area contributed by atoms with Crippen molar-refractivity contribution in [2.45, 2.75) is 37.8 Å². The van der Waals surface area contributed by atoms with Crippen LogP contribution in [0.4, 0.5) is 0 Å². The number of amides is 1. The number of carbonyl (C=O) groups excluding carboxylic acids is 1. The minimum absolute atomic E-state index is 0.113. The van der Waals surface area contributed by atoms with E-state index in [0.717, 1.165) is 48.2 Å². The Kier molecular flexibility index (Phi) is 5.86. The lowest BCUT2D eigenvalue weighted by Gasteiger charge is -2.25. The van der Waals surface area contributed by atoms with Gasteiger partial charge in [0.2, 0.25) is 5.91 Å². The van der Waals surface area contributed by atoms with Gasteiger partial charge in [-0.3, -0.25) is 4.79 Å². The molecular weight excluding hydrogens is 362 g/mol. The second kappa shape index (κ2) is 8.88. The van der Waals surface area contributed by atoms with Crippen LogP contribution in [0.2, 0.25) is 0 Å². The summed E-state index contributed by atoms with van der Waals surface area (Å²) in [6.07, 6.45) is 8.25. The van der Waals surface area contributed by atoms with E-state index in [0.29, 0.717) is 0 Å². The number of benzene rings is 2. The van der Waals surface area contributed by atoms with Crippen molar-refractivity contribution in [3.63, 3.8) is 0 Å². The standard InChI is InChI=1S/C24H25N3O2/c28-22-14-12-20(13-15-22)25-23(29)16-11-19-17-27(21-9-5-2-6-10-21)26-24(19)18-7-3-1-4-8-18/h1-11,16-17,20,22,28H,12-15H2,(H,25,29)/b16-11+. The molecule has 1 saturated carbocycles. The predicted molar refractivity (Wildman–Crippen MR) is 114 cm³/mol. The van der Waals surface area contributed by atoms with Crippen LogP contribution >= 0.6 is 0 Å². The van der Waals surface area contributed by atoms with Gasteiger partial charge in [0.15, 0.2) is 0 Å². The molecule has 1 fully saturated rings. The minimum atomic E-state index is -0.226. The van der Waals surface area contributed by atoms with Crippen LogP contribution in [0.5, 0.6) is 0 Å². The summed E-state index contributed by atoms with van der Waals surface area (Å²) in [6.45, 7) is 0. The molecule has 0 spiro atoms. The van der Waals surface area contributed by atoms with Crippen molar-refractivity contribution >= 4 is 12.0 Å². The highest BCUT2D eigenvalue weighted by Gasteiger charge is 2.20. The first kappa shape index (κ1) is 19.2. The summed E-state index contributed by atoms with van der Waals surface area (Å²) in [5.41, 5.74) is 3.69. The fraction of sp³-hybridized carbons (Fsp3) is 0.250. The molecule has 0 saturated heterocycles. The van der Waals surface area contributed by atoms with Crippen LogP contribution < -0.4 is 5.32 Å². The van der Waals surface area contributed by atoms with Gasteiger partial charge >= 0.3 is 0 Å². The average molecular weight is 387 g/mol. The van der Waals surface area contributed by atoms with Gasteiger partial charge in [0.25, 0.3) is 0 Å². The Morgan fingerprint density at radius 2 is 1.66 bits per heavy atom. The highest BCUT2D eigenvalue weighted by Crippen LogP contribution is 2.25. The van der Waals surface area contributed by atoms with Crippen LogP contribution in [0.3, 0.4) is 0 Å². The SMILES string of the molecule is O=C(/C=C/c1cn(-c2ccccc2)nc1-c1ccccc1)NC1CCC(O)CC1. The van der Waals surface area contributed by atoms with E-state index in [1.54, 1.807) is 6.08 Å². The first-order chi connectivity index (χ1) is 14.2. The fourth-order valence-corrected chi connectivity index (χ4v) is 3.68. The molecule has 0 unspecified atom stereocenters. The summed E-state index contributed by atoms with van der Waals surface area (Å²) in [5, 5.41) is 17.4. The summed E-state index contributed by atoms with van der Waals surface area (Å²) in [4.78, 5) is 12.4. The van der Waals surface area contributed by atoms with E-state index in [-0.39, 0.29) is 18.1 Å². The van der Waals surface area contributed by atoms with Gasteiger partial charge in [-0.2, -0.15) is 5.10 Å². The number of aromatic nitrogens is 2. The molecule has 5 nitrogen and oxygen atoms in total. The fourth-order valence-electron chi connectivity index (χ4n) is 3.68. The topological polar surface area (TPSA) is 67.2 Å². The Hall–Kier alpha value is -3.18. The Labute approximate surface area is 170 Å². The lowest BCUT2D eigenvalue weighted by Crippen LogP contribution is -2.37. The smallest absolute Gasteiger partial charge is 0.244 e. The van der Waals surface area contributed by atoms with Gasteiger partial charge in [-0.05, 0) is 43.9 Å². The quantitative estimate of drug-likeness (QED) is 0.651. The molecule has 1 aliphatic rings. The maximum absolute atomic E-state index is 12.4. The van der Waals surface area contributed by atoms with Gasteiger partial charge in [0.05, 0.1) is 17.5 Å². The van der Waals surface area contributed by atoms with E-state index in [4.69, 9.17) is 5.10 Å². The van der Waals surface area contributed by atoms with Gasteiger partial charge in [-0.25, -0.2) is 4.68 Å². The van der Waals surface area contributed by atoms with E-state index in [2.05, 4.69) is 5.32 Å². The number of hydrogen-bond acceptors (Lipinski definition) is 3. The largest absolute Gasteiger partial charge is 0.393 e. The first-order valence-electron chi connectivity index (χ1n) is 10.1. The summed E-state index contributed by atoms with van der Waals surface area (Å²) < 4.78 is 1.84. The number of nitrogens with zero attached hydrogens (tertiary/aromatic N) is 2. The molecule has 0 bridgehead atoms. The molecule has 1 aliphatic carbocycles. The van der Waals surface area contributed by atoms with Gasteiger partial charge in [0, 0.05) is 29.4 Å². The van der Waals surface area contributed by atoms with Crippen molar-refractivity contribution in [2.75, 3.05) is 0 Å². The summed E-state index contributed by atoms with van der Waals surface area (Å²) in [7, 11) is 0. The number of para-hydroxylation sites is 1. The van der Waals surface area contributed by atoms with Crippen molar-refractivity contribution < 1.29 is 9.90 Å². The molecule has 2 aromatic carbocycles. The van der Waals surface area contributed by atoms with Crippen molar-refractivity contribution in [1.29, 1.82) is 0 Å². The van der Waals surface area contributed by atoms with Gasteiger partial charge in [0.1, 0.15) is 0 Å². The number of rotatable bonds is 5. The van der Waals surface area contributed by atoms with Crippen LogP contribution in [0.15, 0.2) is 72.9 Å². The molecule has 1 aromatic heterocycles. The molecule has 3 aromatic rings. The molecule has 1 heterocycles.